The first-order valence-electron chi connectivity index (χ1n) is 16.2. The third-order valence-electron chi connectivity index (χ3n) is 8.74. The molecular formula is C36H38F3N3O6SSe. The molecule has 14 heteroatoms. The standard InChI is InChI=1S/C36H38F3N3O6SSe/c1-47-29-18-14-27(15-19-29)42(22-36(37,38)39)49(45,46)31-21-30-33(24-10-16-28(43)17-11-24)34(35(31)48-30)25-8-12-26(13-9-25)41-32(44)7-5-3-2-4-6-20-50-23-40/h8-19,30-31,35,43H,2-7,20-22H2,1H3,(H,41,44). The van der Waals surface area contributed by atoms with Crippen LogP contribution in [0, 0.1) is 10.2 Å². The third-order valence-corrected chi connectivity index (χ3v) is 12.2. The second kappa shape index (κ2) is 16.3. The van der Waals surface area contributed by atoms with Crippen LogP contribution in [0.25, 0.3) is 11.1 Å². The molecule has 0 saturated carbocycles. The smallest absolute Gasteiger partial charge is 0.508 e. The van der Waals surface area contributed by atoms with Gasteiger partial charge < -0.3 is 14.6 Å². The molecule has 5 rings (SSSR count). The van der Waals surface area contributed by atoms with Gasteiger partial charge in [-0.15, -0.1) is 0 Å². The fourth-order valence-corrected chi connectivity index (χ4v) is 9.32. The van der Waals surface area contributed by atoms with Gasteiger partial charge in [0, 0.05) is 0 Å². The van der Waals surface area contributed by atoms with E-state index >= 15 is 0 Å². The van der Waals surface area contributed by atoms with Crippen LogP contribution in [-0.4, -0.2) is 71.7 Å². The Morgan fingerprint density at radius 2 is 1.60 bits per heavy atom. The Kier molecular flexibility index (Phi) is 12.2. The van der Waals surface area contributed by atoms with Crippen molar-refractivity contribution in [1.82, 2.24) is 0 Å². The van der Waals surface area contributed by atoms with Crippen molar-refractivity contribution in [1.29, 1.82) is 5.26 Å². The van der Waals surface area contributed by atoms with Crippen molar-refractivity contribution in [3.63, 3.8) is 0 Å². The number of rotatable bonds is 16. The zero-order valence-corrected chi connectivity index (χ0v) is 29.9. The van der Waals surface area contributed by atoms with Crippen LogP contribution in [0.1, 0.15) is 56.1 Å². The average molecular weight is 777 g/mol. The van der Waals surface area contributed by atoms with Crippen LogP contribution in [0.15, 0.2) is 72.8 Å². The number of phenolic OH excluding ortho intramolecular Hbond substituents is 1. The van der Waals surface area contributed by atoms with Gasteiger partial charge in [-0.05, 0) is 65.1 Å². The minimum atomic E-state index is -4.82. The zero-order chi connectivity index (χ0) is 35.9. The van der Waals surface area contributed by atoms with Crippen LogP contribution in [0.4, 0.5) is 24.5 Å². The minimum absolute atomic E-state index is 0.0408. The summed E-state index contributed by atoms with van der Waals surface area (Å²) in [7, 11) is -3.23. The van der Waals surface area contributed by atoms with Crippen molar-refractivity contribution in [3.8, 4) is 16.5 Å². The number of nitrogens with zero attached hydrogens (tertiary/aromatic N) is 2. The van der Waals surface area contributed by atoms with Crippen molar-refractivity contribution >= 4 is 53.4 Å². The second-order valence-corrected chi connectivity index (χ2v) is 16.1. The van der Waals surface area contributed by atoms with Crippen molar-refractivity contribution in [2.24, 2.45) is 0 Å². The summed E-state index contributed by atoms with van der Waals surface area (Å²) in [6.07, 6.45) is -1.57. The predicted octanol–water partition coefficient (Wildman–Crippen LogP) is 7.13. The van der Waals surface area contributed by atoms with Gasteiger partial charge in [0.1, 0.15) is 29.4 Å². The summed E-state index contributed by atoms with van der Waals surface area (Å²) in [4.78, 5) is 14.8. The van der Waals surface area contributed by atoms with Gasteiger partial charge in [0.15, 0.2) is 0 Å². The summed E-state index contributed by atoms with van der Waals surface area (Å²) < 4.78 is 81.7. The number of carbonyl (C=O) groups excluding carboxylic acids is 1. The van der Waals surface area contributed by atoms with E-state index < -0.39 is 40.2 Å². The van der Waals surface area contributed by atoms with E-state index in [9.17, 15) is 31.5 Å². The minimum Gasteiger partial charge on any atom is -0.508 e. The molecule has 1 fully saturated rings. The summed E-state index contributed by atoms with van der Waals surface area (Å²) in [5.74, 6) is 0.274. The maximum absolute atomic E-state index is 14.2. The van der Waals surface area contributed by atoms with Crippen LogP contribution in [0.2, 0.25) is 5.32 Å². The average Bonchev–Trinajstić information content (AvgIpc) is 3.69. The topological polar surface area (TPSA) is 129 Å². The van der Waals surface area contributed by atoms with Gasteiger partial charge in [-0.25, -0.2) is 8.42 Å². The number of benzene rings is 3. The molecule has 2 N–H and O–H groups in total. The first-order valence-corrected chi connectivity index (χ1v) is 19.8. The van der Waals surface area contributed by atoms with E-state index in [1.54, 1.807) is 36.4 Å². The number of anilines is 2. The number of sulfonamides is 1. The molecule has 1 saturated heterocycles. The molecule has 9 nitrogen and oxygen atoms in total. The monoisotopic (exact) mass is 777 g/mol. The van der Waals surface area contributed by atoms with Crippen LogP contribution in [-0.2, 0) is 19.6 Å². The van der Waals surface area contributed by atoms with E-state index in [0.29, 0.717) is 44.4 Å². The number of alkyl halides is 3. The summed E-state index contributed by atoms with van der Waals surface area (Å²) in [5, 5.41) is 21.1. The van der Waals surface area contributed by atoms with E-state index in [0.717, 1.165) is 37.4 Å². The Bertz CT molecular complexity index is 1810. The van der Waals surface area contributed by atoms with Crippen LogP contribution < -0.4 is 14.4 Å². The fraction of sp³-hybridized carbons (Fsp3) is 0.389. The van der Waals surface area contributed by atoms with E-state index in [-0.39, 0.29) is 38.7 Å². The molecule has 2 aliphatic heterocycles. The zero-order valence-electron chi connectivity index (χ0n) is 27.4. The molecule has 3 aromatic carbocycles. The Labute approximate surface area is 296 Å². The summed E-state index contributed by atoms with van der Waals surface area (Å²) in [6.45, 7) is -1.71. The molecule has 2 heterocycles. The van der Waals surface area contributed by atoms with Gasteiger partial charge in [-0.1, -0.05) is 12.1 Å². The summed E-state index contributed by atoms with van der Waals surface area (Å²) in [6, 6.07) is 18.6. The van der Waals surface area contributed by atoms with Gasteiger partial charge in [0.2, 0.25) is 10.0 Å². The Morgan fingerprint density at radius 1 is 0.980 bits per heavy atom. The van der Waals surface area contributed by atoms with Crippen molar-refractivity contribution in [2.45, 2.75) is 73.9 Å². The molecule has 3 unspecified atom stereocenters. The first kappa shape index (κ1) is 37.2. The van der Waals surface area contributed by atoms with E-state index in [1.165, 1.54) is 43.5 Å². The number of phenols is 1. The van der Waals surface area contributed by atoms with Gasteiger partial charge in [0.05, 0.1) is 18.9 Å². The number of nitriles is 1. The van der Waals surface area contributed by atoms with Crippen molar-refractivity contribution in [3.05, 3.63) is 83.9 Å². The number of fused-ring (bicyclic) bond motifs is 2. The number of carbonyl (C=O) groups is 1. The fourth-order valence-electron chi connectivity index (χ4n) is 6.40. The number of methoxy groups -OCH3 is 1. The van der Waals surface area contributed by atoms with E-state index in [4.69, 9.17) is 14.7 Å². The van der Waals surface area contributed by atoms with Gasteiger partial charge in [-0.2, -0.15) is 13.2 Å². The number of ether oxygens (including phenoxy) is 2. The maximum atomic E-state index is 14.2. The molecule has 0 aliphatic carbocycles. The van der Waals surface area contributed by atoms with E-state index in [2.05, 4.69) is 10.3 Å². The van der Waals surface area contributed by atoms with Crippen molar-refractivity contribution in [2.75, 3.05) is 23.3 Å². The molecule has 2 aliphatic rings. The molecule has 0 aromatic heterocycles. The molecule has 1 amide bonds. The second-order valence-electron chi connectivity index (χ2n) is 12.1. The third kappa shape index (κ3) is 9.01. The van der Waals surface area contributed by atoms with Gasteiger partial charge in [-0.3, -0.25) is 4.31 Å². The Morgan fingerprint density at radius 3 is 2.24 bits per heavy atom. The number of halogens is 3. The van der Waals surface area contributed by atoms with Crippen LogP contribution in [0.3, 0.4) is 0 Å². The number of amides is 1. The molecule has 2 bridgehead atoms. The Hall–Kier alpha value is -4.02. The molecule has 266 valence electrons. The number of aromatic hydroxyl groups is 1. The SMILES string of the molecule is COc1ccc(N(CC(F)(F)F)S(=O)(=O)C2CC3OC2C(c2ccc(NC(=O)CCCCCCC[Se]C#N)cc2)=C3c2ccc(O)cc2)cc1. The normalized spacial score (nSPS) is 18.6. The molecule has 3 atom stereocenters. The van der Waals surface area contributed by atoms with Crippen LogP contribution >= 0.6 is 0 Å². The number of nitrogens with one attached hydrogen (secondary N) is 1. The molecule has 0 spiro atoms. The molecule has 50 heavy (non-hydrogen) atoms. The predicted molar refractivity (Wildman–Crippen MR) is 186 cm³/mol. The van der Waals surface area contributed by atoms with Gasteiger partial charge >= 0.3 is 121 Å². The van der Waals surface area contributed by atoms with E-state index in [1.807, 2.05) is 0 Å². The van der Waals surface area contributed by atoms with Crippen LogP contribution in [0.5, 0.6) is 11.5 Å². The molecule has 0 radical (unpaired) electrons. The molecule has 3 aromatic rings. The first-order chi connectivity index (χ1) is 23.9. The summed E-state index contributed by atoms with van der Waals surface area (Å²) >= 11 is 0.0541. The van der Waals surface area contributed by atoms with Crippen molar-refractivity contribution < 1.29 is 41.0 Å². The Balaban J connectivity index is 1.38. The number of hydrogen-bond acceptors (Lipinski definition) is 7. The number of unbranched alkanes of at least 4 members (excludes halogenated alkanes) is 4. The quantitative estimate of drug-likeness (QED) is 0.117. The summed E-state index contributed by atoms with van der Waals surface area (Å²) in [5.41, 5.74) is 2.91. The van der Waals surface area contributed by atoms with Gasteiger partial charge in [0.25, 0.3) is 0 Å². The number of hydrogen-bond donors (Lipinski definition) is 2. The molecular weight excluding hydrogens is 738 g/mol.